The predicted molar refractivity (Wildman–Crippen MR) is 87.4 cm³/mol. The second kappa shape index (κ2) is 5.25. The van der Waals surface area contributed by atoms with Crippen LogP contribution in [0.1, 0.15) is 5.56 Å². The molecule has 4 nitrogen and oxygen atoms in total. The average molecular weight is 276 g/mol. The highest BCUT2D eigenvalue weighted by Gasteiger charge is 2.07. The van der Waals surface area contributed by atoms with E-state index in [-0.39, 0.29) is 5.96 Å². The highest BCUT2D eigenvalue weighted by Crippen LogP contribution is 2.30. The first kappa shape index (κ1) is 13.1. The zero-order valence-electron chi connectivity index (χ0n) is 11.7. The van der Waals surface area contributed by atoms with Gasteiger partial charge in [0, 0.05) is 17.1 Å². The quantitative estimate of drug-likeness (QED) is 0.557. The Kier molecular flexibility index (Phi) is 3.28. The standard InChI is InChI=1S/C17H16N4/c1-11-6-7-13(10-15(11)21-17(18)19)16-14-5-3-2-4-12(14)8-9-20-16/h2-10H,1H3,(H4,18,19,21). The molecule has 2 aromatic carbocycles. The molecule has 0 aliphatic carbocycles. The summed E-state index contributed by atoms with van der Waals surface area (Å²) in [7, 11) is 0. The molecule has 3 aromatic rings. The van der Waals surface area contributed by atoms with E-state index in [9.17, 15) is 0 Å². The van der Waals surface area contributed by atoms with Crippen molar-refractivity contribution in [2.75, 3.05) is 0 Å². The van der Waals surface area contributed by atoms with Gasteiger partial charge in [-0.1, -0.05) is 36.4 Å². The maximum atomic E-state index is 5.48. The summed E-state index contributed by atoms with van der Waals surface area (Å²) in [5.74, 6) is 0.0566. The molecule has 0 atom stereocenters. The fraction of sp³-hybridized carbons (Fsp3) is 0.0588. The van der Waals surface area contributed by atoms with Gasteiger partial charge in [0.15, 0.2) is 5.96 Å². The summed E-state index contributed by atoms with van der Waals surface area (Å²) in [5.41, 5.74) is 14.7. The summed E-state index contributed by atoms with van der Waals surface area (Å²) in [6.45, 7) is 1.97. The molecule has 0 aliphatic heterocycles. The molecule has 0 spiro atoms. The Balaban J connectivity index is 2.22. The Morgan fingerprint density at radius 3 is 2.67 bits per heavy atom. The summed E-state index contributed by atoms with van der Waals surface area (Å²) in [4.78, 5) is 8.69. The van der Waals surface area contributed by atoms with Gasteiger partial charge >= 0.3 is 0 Å². The van der Waals surface area contributed by atoms with Gasteiger partial charge in [-0.25, -0.2) is 4.99 Å². The maximum absolute atomic E-state index is 5.48. The van der Waals surface area contributed by atoms with Gasteiger partial charge < -0.3 is 11.5 Å². The largest absolute Gasteiger partial charge is 0.370 e. The third kappa shape index (κ3) is 2.56. The lowest BCUT2D eigenvalue weighted by Crippen LogP contribution is -2.22. The summed E-state index contributed by atoms with van der Waals surface area (Å²) in [6, 6.07) is 16.2. The van der Waals surface area contributed by atoms with Crippen molar-refractivity contribution in [2.45, 2.75) is 6.92 Å². The molecule has 0 saturated heterocycles. The number of rotatable bonds is 2. The number of aromatic nitrogens is 1. The average Bonchev–Trinajstić information content (AvgIpc) is 2.48. The molecule has 0 aliphatic rings. The van der Waals surface area contributed by atoms with Crippen molar-refractivity contribution in [1.29, 1.82) is 0 Å². The molecule has 4 heteroatoms. The van der Waals surface area contributed by atoms with E-state index in [4.69, 9.17) is 11.5 Å². The summed E-state index contributed by atoms with van der Waals surface area (Å²) >= 11 is 0. The van der Waals surface area contributed by atoms with Gasteiger partial charge in [-0.05, 0) is 30.0 Å². The lowest BCUT2D eigenvalue weighted by Gasteiger charge is -2.08. The molecule has 104 valence electrons. The minimum absolute atomic E-state index is 0.0566. The van der Waals surface area contributed by atoms with Crippen LogP contribution in [0.2, 0.25) is 0 Å². The van der Waals surface area contributed by atoms with Gasteiger partial charge in [-0.3, -0.25) is 4.98 Å². The second-order valence-corrected chi connectivity index (χ2v) is 4.92. The maximum Gasteiger partial charge on any atom is 0.191 e. The number of nitrogens with zero attached hydrogens (tertiary/aromatic N) is 2. The number of benzene rings is 2. The van der Waals surface area contributed by atoms with Crippen LogP contribution in [0, 0.1) is 6.92 Å². The molecule has 0 saturated carbocycles. The minimum Gasteiger partial charge on any atom is -0.370 e. The highest BCUT2D eigenvalue weighted by atomic mass is 15.0. The number of guanidine groups is 1. The van der Waals surface area contributed by atoms with E-state index in [0.29, 0.717) is 0 Å². The molecule has 1 aromatic heterocycles. The van der Waals surface area contributed by atoms with Gasteiger partial charge in [-0.2, -0.15) is 0 Å². The van der Waals surface area contributed by atoms with Crippen LogP contribution in [0.25, 0.3) is 22.0 Å². The van der Waals surface area contributed by atoms with Crippen LogP contribution in [-0.2, 0) is 0 Å². The van der Waals surface area contributed by atoms with Crippen molar-refractivity contribution in [3.63, 3.8) is 0 Å². The Bertz CT molecular complexity index is 828. The molecule has 4 N–H and O–H groups in total. The predicted octanol–water partition coefficient (Wildman–Crippen LogP) is 3.12. The lowest BCUT2D eigenvalue weighted by atomic mass is 10.0. The van der Waals surface area contributed by atoms with Crippen LogP contribution in [-0.4, -0.2) is 10.9 Å². The molecule has 1 heterocycles. The molecule has 0 radical (unpaired) electrons. The number of hydrogen-bond acceptors (Lipinski definition) is 2. The zero-order valence-corrected chi connectivity index (χ0v) is 11.7. The fourth-order valence-electron chi connectivity index (χ4n) is 2.37. The van der Waals surface area contributed by atoms with E-state index >= 15 is 0 Å². The van der Waals surface area contributed by atoms with Gasteiger partial charge in [0.2, 0.25) is 0 Å². The SMILES string of the molecule is Cc1ccc(-c2nccc3ccccc23)cc1N=C(N)N. The highest BCUT2D eigenvalue weighted by molar-refractivity contribution is 5.95. The van der Waals surface area contributed by atoms with E-state index < -0.39 is 0 Å². The summed E-state index contributed by atoms with van der Waals surface area (Å²) in [6.07, 6.45) is 1.82. The van der Waals surface area contributed by atoms with Crippen LogP contribution in [0.4, 0.5) is 5.69 Å². The Morgan fingerprint density at radius 1 is 1.05 bits per heavy atom. The van der Waals surface area contributed by atoms with Crippen LogP contribution >= 0.6 is 0 Å². The summed E-state index contributed by atoms with van der Waals surface area (Å²) in [5, 5.41) is 2.27. The molecule has 3 rings (SSSR count). The van der Waals surface area contributed by atoms with Crippen molar-refractivity contribution in [3.8, 4) is 11.3 Å². The molecular weight excluding hydrogens is 260 g/mol. The third-order valence-corrected chi connectivity index (χ3v) is 3.41. The molecule has 21 heavy (non-hydrogen) atoms. The number of nitrogens with two attached hydrogens (primary N) is 2. The van der Waals surface area contributed by atoms with E-state index in [1.165, 1.54) is 0 Å². The molecule has 0 amide bonds. The lowest BCUT2D eigenvalue weighted by molar-refractivity contribution is 1.33. The van der Waals surface area contributed by atoms with E-state index in [0.717, 1.165) is 33.3 Å². The minimum atomic E-state index is 0.0566. The Hall–Kier alpha value is -2.88. The zero-order chi connectivity index (χ0) is 14.8. The van der Waals surface area contributed by atoms with Crippen LogP contribution in [0.15, 0.2) is 59.7 Å². The monoisotopic (exact) mass is 276 g/mol. The van der Waals surface area contributed by atoms with Gasteiger partial charge in [0.05, 0.1) is 11.4 Å². The number of pyridine rings is 1. The molecule has 0 fully saturated rings. The first-order valence-corrected chi connectivity index (χ1v) is 6.69. The first-order chi connectivity index (χ1) is 10.1. The van der Waals surface area contributed by atoms with Crippen molar-refractivity contribution < 1.29 is 0 Å². The molecule has 0 unspecified atom stereocenters. The van der Waals surface area contributed by atoms with E-state index in [2.05, 4.69) is 22.1 Å². The Morgan fingerprint density at radius 2 is 1.86 bits per heavy atom. The van der Waals surface area contributed by atoms with Crippen molar-refractivity contribution in [1.82, 2.24) is 4.98 Å². The normalized spacial score (nSPS) is 10.5. The molecular formula is C17H16N4. The third-order valence-electron chi connectivity index (χ3n) is 3.41. The Labute approximate surface area is 123 Å². The smallest absolute Gasteiger partial charge is 0.191 e. The van der Waals surface area contributed by atoms with E-state index in [1.807, 2.05) is 49.5 Å². The number of aliphatic imine (C=N–C) groups is 1. The molecule has 0 bridgehead atoms. The second-order valence-electron chi connectivity index (χ2n) is 4.92. The number of aryl methyl sites for hydroxylation is 1. The fourth-order valence-corrected chi connectivity index (χ4v) is 2.37. The van der Waals surface area contributed by atoms with Gasteiger partial charge in [0.25, 0.3) is 0 Å². The number of fused-ring (bicyclic) bond motifs is 1. The van der Waals surface area contributed by atoms with E-state index in [1.54, 1.807) is 0 Å². The van der Waals surface area contributed by atoms with Crippen molar-refractivity contribution in [3.05, 3.63) is 60.3 Å². The first-order valence-electron chi connectivity index (χ1n) is 6.69. The number of hydrogen-bond donors (Lipinski definition) is 2. The van der Waals surface area contributed by atoms with Crippen molar-refractivity contribution in [2.24, 2.45) is 16.5 Å². The van der Waals surface area contributed by atoms with Crippen LogP contribution in [0.3, 0.4) is 0 Å². The van der Waals surface area contributed by atoms with Gasteiger partial charge in [-0.15, -0.1) is 0 Å². The van der Waals surface area contributed by atoms with Gasteiger partial charge in [0.1, 0.15) is 0 Å². The topological polar surface area (TPSA) is 77.3 Å². The van der Waals surface area contributed by atoms with Crippen LogP contribution in [0.5, 0.6) is 0 Å². The summed E-state index contributed by atoms with van der Waals surface area (Å²) < 4.78 is 0. The van der Waals surface area contributed by atoms with Crippen LogP contribution < -0.4 is 11.5 Å². The van der Waals surface area contributed by atoms with Crippen molar-refractivity contribution >= 4 is 22.4 Å².